The van der Waals surface area contributed by atoms with Gasteiger partial charge in [0.05, 0.1) is 0 Å². The van der Waals surface area contributed by atoms with Crippen molar-refractivity contribution in [1.29, 1.82) is 0 Å². The first-order valence-electron chi connectivity index (χ1n) is 3.50. The molecule has 1 rings (SSSR count). The largest absolute Gasteiger partial charge is 0.491 e. The van der Waals surface area contributed by atoms with Crippen molar-refractivity contribution in [2.45, 2.75) is 12.5 Å². The van der Waals surface area contributed by atoms with Gasteiger partial charge >= 0.3 is 12.1 Å². The zero-order valence-corrected chi connectivity index (χ0v) is 6.71. The van der Waals surface area contributed by atoms with Crippen LogP contribution in [-0.4, -0.2) is 30.8 Å². The predicted octanol–water partition coefficient (Wildman–Crippen LogP) is 0.573. The molecule has 0 aliphatic carbocycles. The minimum Gasteiger partial charge on any atom is -0.425 e. The highest BCUT2D eigenvalue weighted by molar-refractivity contribution is 5.91. The third-order valence-corrected chi connectivity index (χ3v) is 1.28. The molecule has 4 nitrogen and oxygen atoms in total. The fourth-order valence-corrected chi connectivity index (χ4v) is 0.699. The van der Waals surface area contributed by atoms with E-state index in [9.17, 15) is 22.8 Å². The van der Waals surface area contributed by atoms with Gasteiger partial charge in [0.1, 0.15) is 6.61 Å². The molecule has 1 aliphatic rings. The van der Waals surface area contributed by atoms with E-state index in [1.807, 2.05) is 0 Å². The van der Waals surface area contributed by atoms with Crippen LogP contribution in [0.3, 0.4) is 0 Å². The number of halogens is 3. The number of alkyl halides is 3. The number of hydrogen-bond acceptors (Lipinski definition) is 4. The molecule has 0 saturated heterocycles. The molecule has 14 heavy (non-hydrogen) atoms. The lowest BCUT2D eigenvalue weighted by atomic mass is 10.3. The maximum atomic E-state index is 11.7. The van der Waals surface area contributed by atoms with E-state index in [2.05, 4.69) is 9.47 Å². The van der Waals surface area contributed by atoms with E-state index in [1.54, 1.807) is 0 Å². The summed E-state index contributed by atoms with van der Waals surface area (Å²) in [5.74, 6) is -2.74. The van der Waals surface area contributed by atoms with Crippen molar-refractivity contribution in [3.8, 4) is 0 Å². The fourth-order valence-electron chi connectivity index (χ4n) is 0.699. The lowest BCUT2D eigenvalue weighted by Crippen LogP contribution is -2.32. The van der Waals surface area contributed by atoms with Crippen molar-refractivity contribution in [2.24, 2.45) is 0 Å². The molecule has 0 saturated carbocycles. The van der Waals surface area contributed by atoms with E-state index in [0.29, 0.717) is 0 Å². The molecule has 0 fully saturated rings. The number of carbonyl (C=O) groups excluding carboxylic acids is 2. The monoisotopic (exact) mass is 210 g/mol. The Hall–Kier alpha value is -1.37. The molecule has 0 bridgehead atoms. The van der Waals surface area contributed by atoms with Crippen molar-refractivity contribution in [1.82, 2.24) is 0 Å². The van der Waals surface area contributed by atoms with Gasteiger partial charge < -0.3 is 9.47 Å². The van der Waals surface area contributed by atoms with Crippen LogP contribution < -0.4 is 0 Å². The van der Waals surface area contributed by atoms with Gasteiger partial charge in [-0.3, -0.25) is 4.79 Å². The minimum atomic E-state index is -5.06. The summed E-state index contributed by atoms with van der Waals surface area (Å²) >= 11 is 0. The highest BCUT2D eigenvalue weighted by atomic mass is 19.4. The summed E-state index contributed by atoms with van der Waals surface area (Å²) in [5.41, 5.74) is 0. The molecule has 1 atom stereocenters. The Morgan fingerprint density at radius 3 is 2.64 bits per heavy atom. The second-order valence-electron chi connectivity index (χ2n) is 2.41. The maximum absolute atomic E-state index is 11.7. The van der Waals surface area contributed by atoms with Crippen molar-refractivity contribution in [3.05, 3.63) is 12.2 Å². The maximum Gasteiger partial charge on any atom is 0.491 e. The number of esters is 1. The Morgan fingerprint density at radius 2 is 2.21 bits per heavy atom. The molecule has 1 aliphatic heterocycles. The van der Waals surface area contributed by atoms with Gasteiger partial charge in [0, 0.05) is 0 Å². The third-order valence-electron chi connectivity index (χ3n) is 1.28. The summed E-state index contributed by atoms with van der Waals surface area (Å²) in [6.07, 6.45) is -4.56. The number of hydrogen-bond donors (Lipinski definition) is 0. The fraction of sp³-hybridized carbons (Fsp3) is 0.429. The van der Waals surface area contributed by atoms with Crippen LogP contribution in [0.2, 0.25) is 0 Å². The molecular formula is C7H5F3O4. The van der Waals surface area contributed by atoms with Crippen molar-refractivity contribution < 1.29 is 32.2 Å². The van der Waals surface area contributed by atoms with Gasteiger partial charge in [0.15, 0.2) is 5.78 Å². The summed E-state index contributed by atoms with van der Waals surface area (Å²) < 4.78 is 43.3. The van der Waals surface area contributed by atoms with Crippen LogP contribution in [0.1, 0.15) is 0 Å². The summed E-state index contributed by atoms with van der Waals surface area (Å²) in [5, 5.41) is 0. The van der Waals surface area contributed by atoms with Crippen molar-refractivity contribution >= 4 is 11.8 Å². The van der Waals surface area contributed by atoms with Gasteiger partial charge in [-0.05, 0) is 12.2 Å². The van der Waals surface area contributed by atoms with E-state index in [0.717, 1.165) is 12.2 Å². The summed E-state index contributed by atoms with van der Waals surface area (Å²) in [6, 6.07) is 0. The lowest BCUT2D eigenvalue weighted by Gasteiger charge is -2.17. The van der Waals surface area contributed by atoms with Crippen LogP contribution >= 0.6 is 0 Å². The average Bonchev–Trinajstić information content (AvgIpc) is 2.07. The minimum absolute atomic E-state index is 0.397. The Morgan fingerprint density at radius 1 is 1.57 bits per heavy atom. The zero-order chi connectivity index (χ0) is 10.8. The molecule has 0 spiro atoms. The molecule has 78 valence electrons. The summed E-state index contributed by atoms with van der Waals surface area (Å²) in [4.78, 5) is 20.8. The first-order chi connectivity index (χ1) is 6.39. The SMILES string of the molecule is O=C1C=CC(OC(=O)C(F)(F)F)OC1. The summed E-state index contributed by atoms with van der Waals surface area (Å²) in [6.45, 7) is -0.397. The lowest BCUT2D eigenvalue weighted by molar-refractivity contribution is -0.219. The van der Waals surface area contributed by atoms with Gasteiger partial charge in [0.2, 0.25) is 6.29 Å². The van der Waals surface area contributed by atoms with Crippen LogP contribution in [0, 0.1) is 0 Å². The van der Waals surface area contributed by atoms with Crippen LogP contribution in [0.25, 0.3) is 0 Å². The van der Waals surface area contributed by atoms with E-state index in [1.165, 1.54) is 0 Å². The molecule has 0 aromatic heterocycles. The molecule has 7 heteroatoms. The van der Waals surface area contributed by atoms with E-state index >= 15 is 0 Å². The van der Waals surface area contributed by atoms with E-state index in [4.69, 9.17) is 0 Å². The second kappa shape index (κ2) is 3.79. The molecule has 1 heterocycles. The number of rotatable bonds is 1. The highest BCUT2D eigenvalue weighted by Gasteiger charge is 2.42. The second-order valence-corrected chi connectivity index (χ2v) is 2.41. The molecule has 0 N–H and O–H groups in total. The number of carbonyl (C=O) groups is 2. The topological polar surface area (TPSA) is 52.6 Å². The molecule has 0 radical (unpaired) electrons. The third kappa shape index (κ3) is 2.84. The molecule has 0 amide bonds. The van der Waals surface area contributed by atoms with Gasteiger partial charge in [-0.25, -0.2) is 4.79 Å². The predicted molar refractivity (Wildman–Crippen MR) is 36.0 cm³/mol. The molecule has 0 aromatic carbocycles. The van der Waals surface area contributed by atoms with E-state index in [-0.39, 0.29) is 0 Å². The van der Waals surface area contributed by atoms with Gasteiger partial charge in [-0.1, -0.05) is 0 Å². The van der Waals surface area contributed by atoms with Crippen molar-refractivity contribution in [2.75, 3.05) is 6.61 Å². The van der Waals surface area contributed by atoms with Crippen LogP contribution in [0.4, 0.5) is 13.2 Å². The molecule has 1 unspecified atom stereocenters. The Balaban J connectivity index is 2.50. The highest BCUT2D eigenvalue weighted by Crippen LogP contribution is 2.18. The van der Waals surface area contributed by atoms with Crippen LogP contribution in [-0.2, 0) is 19.1 Å². The van der Waals surface area contributed by atoms with Crippen LogP contribution in [0.15, 0.2) is 12.2 Å². The number of ketones is 1. The zero-order valence-electron chi connectivity index (χ0n) is 6.71. The molecule has 0 aromatic rings. The normalized spacial score (nSPS) is 22.2. The van der Waals surface area contributed by atoms with Gasteiger partial charge in [-0.2, -0.15) is 13.2 Å². The smallest absolute Gasteiger partial charge is 0.425 e. The molecular weight excluding hydrogens is 205 g/mol. The Kier molecular flexibility index (Phi) is 2.90. The average molecular weight is 210 g/mol. The Labute approximate surface area is 76.3 Å². The van der Waals surface area contributed by atoms with Crippen molar-refractivity contribution in [3.63, 3.8) is 0 Å². The standard InChI is InChI=1S/C7H5F3O4/c8-7(9,10)6(12)14-5-2-1-4(11)3-13-5/h1-2,5H,3H2. The van der Waals surface area contributed by atoms with Gasteiger partial charge in [0.25, 0.3) is 0 Å². The van der Waals surface area contributed by atoms with Crippen LogP contribution in [0.5, 0.6) is 0 Å². The van der Waals surface area contributed by atoms with Gasteiger partial charge in [-0.15, -0.1) is 0 Å². The Bertz CT molecular complexity index is 281. The van der Waals surface area contributed by atoms with E-state index < -0.39 is 30.8 Å². The first kappa shape index (κ1) is 10.7. The first-order valence-corrected chi connectivity index (χ1v) is 3.50. The quantitative estimate of drug-likeness (QED) is 0.594. The number of ether oxygens (including phenoxy) is 2. The summed E-state index contributed by atoms with van der Waals surface area (Å²) in [7, 11) is 0.